The Morgan fingerprint density at radius 2 is 1.88 bits per heavy atom. The molecular weight excluding hydrogens is 558 g/mol. The maximum Gasteiger partial charge on any atom is 0.236 e. The van der Waals surface area contributed by atoms with Crippen LogP contribution in [0, 0.1) is 23.7 Å². The van der Waals surface area contributed by atoms with Gasteiger partial charge in [-0.3, -0.25) is 0 Å². The van der Waals surface area contributed by atoms with Gasteiger partial charge in [0.05, 0.1) is 24.7 Å². The van der Waals surface area contributed by atoms with Gasteiger partial charge in [-0.15, -0.1) is 12.4 Å². The molecule has 4 heterocycles. The zero-order valence-electron chi connectivity index (χ0n) is 25.9. The first-order valence-corrected chi connectivity index (χ1v) is 15.4. The second-order valence-corrected chi connectivity index (χ2v) is 13.5. The van der Waals surface area contributed by atoms with Crippen molar-refractivity contribution in [3.8, 4) is 0 Å². The molecule has 3 N–H and O–H groups in total. The van der Waals surface area contributed by atoms with Crippen molar-refractivity contribution in [3.63, 3.8) is 0 Å². The maximum absolute atomic E-state index is 12.2. The Bertz CT molecular complexity index is 1130. The van der Waals surface area contributed by atoms with Gasteiger partial charge in [0.25, 0.3) is 0 Å². The molecule has 5 aliphatic rings. The molecule has 1 aliphatic carbocycles. The van der Waals surface area contributed by atoms with Crippen molar-refractivity contribution in [1.29, 1.82) is 0 Å². The van der Waals surface area contributed by atoms with Gasteiger partial charge in [-0.1, -0.05) is 68.8 Å². The Labute approximate surface area is 256 Å². The molecule has 42 heavy (non-hydrogen) atoms. The third-order valence-corrected chi connectivity index (χ3v) is 9.78. The van der Waals surface area contributed by atoms with E-state index in [9.17, 15) is 15.4 Å². The number of rotatable bonds is 1. The summed E-state index contributed by atoms with van der Waals surface area (Å²) in [5, 5.41) is 37.1. The number of nitrogens with zero attached hydrogens (tertiary/aromatic N) is 1. The van der Waals surface area contributed by atoms with E-state index in [0.717, 1.165) is 25.7 Å². The maximum atomic E-state index is 12.2. The predicted molar refractivity (Wildman–Crippen MR) is 164 cm³/mol. The van der Waals surface area contributed by atoms with Gasteiger partial charge in [0.15, 0.2) is 5.79 Å². The molecule has 0 aromatic rings. The highest BCUT2D eigenvalue weighted by atomic mass is 35.5. The molecular formula is C33H50ClNO7. The van der Waals surface area contributed by atoms with E-state index in [4.69, 9.17) is 18.9 Å². The van der Waals surface area contributed by atoms with Crippen molar-refractivity contribution in [1.82, 2.24) is 0 Å². The van der Waals surface area contributed by atoms with Gasteiger partial charge in [-0.2, -0.15) is 0 Å². The molecule has 0 saturated carbocycles. The largest absolute Gasteiger partial charge is 0.475 e. The van der Waals surface area contributed by atoms with Crippen LogP contribution in [0.3, 0.4) is 0 Å². The molecule has 2 bridgehead atoms. The molecule has 3 saturated heterocycles. The minimum Gasteiger partial charge on any atom is -0.475 e. The highest BCUT2D eigenvalue weighted by Crippen LogP contribution is 2.48. The summed E-state index contributed by atoms with van der Waals surface area (Å²) >= 11 is 0. The lowest BCUT2D eigenvalue weighted by molar-refractivity contribution is -0.338. The minimum absolute atomic E-state index is 0. The highest BCUT2D eigenvalue weighted by molar-refractivity contribution is 5.85. The van der Waals surface area contributed by atoms with Gasteiger partial charge < -0.3 is 34.4 Å². The summed E-state index contributed by atoms with van der Waals surface area (Å²) in [6.45, 7) is 12.9. The molecule has 0 aromatic carbocycles. The number of fused-ring (bicyclic) bond motifs is 2. The van der Waals surface area contributed by atoms with Crippen molar-refractivity contribution < 1.29 is 34.4 Å². The Morgan fingerprint density at radius 3 is 2.60 bits per heavy atom. The van der Waals surface area contributed by atoms with Crippen LogP contribution in [-0.2, 0) is 18.9 Å². The Morgan fingerprint density at radius 1 is 1.12 bits per heavy atom. The van der Waals surface area contributed by atoms with Crippen LogP contribution in [0.5, 0.6) is 0 Å². The van der Waals surface area contributed by atoms with Gasteiger partial charge in [-0.05, 0) is 62.0 Å². The number of aliphatic hydroxyl groups excluding tert-OH is 1. The number of oxime groups is 1. The summed E-state index contributed by atoms with van der Waals surface area (Å²) in [7, 11) is 0. The summed E-state index contributed by atoms with van der Waals surface area (Å²) < 4.78 is 26.1. The normalized spacial score (nSPS) is 46.9. The lowest BCUT2D eigenvalue weighted by atomic mass is 9.70. The SMILES string of the molecule is CC1=C[C@H]2/C(=N\O)O[C@H]3C[C@@H](C/C=C(\C)C[C@@H](C)/C=C/C=C4\CO[C@H]([C@@H]1O)[C@@]42O)O[C@@]1(CC[C@H](C)[C@@H](C(C)C)O1)C3.Cl. The van der Waals surface area contributed by atoms with Crippen LogP contribution in [0.25, 0.3) is 0 Å². The van der Waals surface area contributed by atoms with Crippen LogP contribution in [0.1, 0.15) is 80.1 Å². The van der Waals surface area contributed by atoms with E-state index < -0.39 is 29.5 Å². The topological polar surface area (TPSA) is 110 Å². The van der Waals surface area contributed by atoms with E-state index in [-0.39, 0.29) is 49.1 Å². The predicted octanol–water partition coefficient (Wildman–Crippen LogP) is 5.85. The summed E-state index contributed by atoms with van der Waals surface area (Å²) in [5.41, 5.74) is 0.925. The standard InChI is InChI=1S/C33H49NO7.ClH/c1-19(2)29-22(5)12-13-32(41-29)17-26-16-25(40-32)11-10-21(4)14-20(3)8-7-9-24-18-38-30-28(35)23(6)15-27(33(24,30)36)31(34-37)39-26;/h7-10,15,19-20,22,25-30,35-37H,11-14,16-18H2,1-6H3;1H/b8-7+,21-10+,24-9+,34-31+;/t20-,22-,25+,26-,27-,28+,29+,30+,32+,33+;/m0./s1. The van der Waals surface area contributed by atoms with Crippen LogP contribution in [0.2, 0.25) is 0 Å². The molecule has 8 nitrogen and oxygen atoms in total. The number of ether oxygens (including phenoxy) is 4. The Kier molecular flexibility index (Phi) is 10.4. The third-order valence-electron chi connectivity index (χ3n) is 9.78. The van der Waals surface area contributed by atoms with E-state index in [1.807, 2.05) is 12.2 Å². The van der Waals surface area contributed by atoms with Crippen molar-refractivity contribution in [2.45, 2.75) is 122 Å². The third kappa shape index (κ3) is 6.40. The van der Waals surface area contributed by atoms with Gasteiger partial charge in [-0.25, -0.2) is 0 Å². The monoisotopic (exact) mass is 607 g/mol. The molecule has 5 rings (SSSR count). The summed E-state index contributed by atoms with van der Waals surface area (Å²) in [6, 6.07) is 0. The summed E-state index contributed by atoms with van der Waals surface area (Å²) in [5.74, 6) is -0.527. The summed E-state index contributed by atoms with van der Waals surface area (Å²) in [6.07, 6.45) is 12.2. The van der Waals surface area contributed by atoms with Gasteiger partial charge in [0.2, 0.25) is 5.90 Å². The van der Waals surface area contributed by atoms with E-state index in [0.29, 0.717) is 35.8 Å². The van der Waals surface area contributed by atoms with Crippen LogP contribution >= 0.6 is 12.4 Å². The molecule has 9 heteroatoms. The molecule has 10 atom stereocenters. The second kappa shape index (κ2) is 13.1. The fourth-order valence-electron chi connectivity index (χ4n) is 7.59. The van der Waals surface area contributed by atoms with Gasteiger partial charge in [0, 0.05) is 19.3 Å². The number of allylic oxidation sites excluding steroid dienone is 4. The number of hydrogen-bond acceptors (Lipinski definition) is 8. The average molecular weight is 608 g/mol. The molecule has 236 valence electrons. The van der Waals surface area contributed by atoms with Crippen molar-refractivity contribution in [2.24, 2.45) is 28.8 Å². The van der Waals surface area contributed by atoms with E-state index in [2.05, 4.69) is 51.9 Å². The minimum atomic E-state index is -1.62. The van der Waals surface area contributed by atoms with Gasteiger partial charge >= 0.3 is 0 Å². The highest BCUT2D eigenvalue weighted by Gasteiger charge is 2.59. The second-order valence-electron chi connectivity index (χ2n) is 13.5. The molecule has 3 fully saturated rings. The Hall–Kier alpha value is -1.68. The van der Waals surface area contributed by atoms with E-state index >= 15 is 0 Å². The number of hydrogen-bond donors (Lipinski definition) is 3. The number of aliphatic hydroxyl groups is 2. The summed E-state index contributed by atoms with van der Waals surface area (Å²) in [4.78, 5) is 0. The van der Waals surface area contributed by atoms with Crippen molar-refractivity contribution >= 4 is 18.3 Å². The molecule has 0 amide bonds. The molecule has 0 radical (unpaired) electrons. The average Bonchev–Trinajstić information content (AvgIpc) is 3.26. The number of halogens is 1. The zero-order valence-corrected chi connectivity index (χ0v) is 26.7. The quantitative estimate of drug-likeness (QED) is 0.195. The molecule has 4 aliphatic heterocycles. The molecule has 0 aromatic heterocycles. The Balaban J connectivity index is 0.00000405. The lowest BCUT2D eigenvalue weighted by Crippen LogP contribution is -2.58. The first-order valence-electron chi connectivity index (χ1n) is 15.4. The zero-order chi connectivity index (χ0) is 29.5. The van der Waals surface area contributed by atoms with Crippen molar-refractivity contribution in [3.05, 3.63) is 47.1 Å². The fraction of sp³-hybridized carbons (Fsp3) is 0.727. The van der Waals surface area contributed by atoms with Gasteiger partial charge in [0.1, 0.15) is 23.9 Å². The smallest absolute Gasteiger partial charge is 0.236 e. The van der Waals surface area contributed by atoms with E-state index in [1.54, 1.807) is 13.0 Å². The molecule has 0 unspecified atom stereocenters. The first-order chi connectivity index (χ1) is 19.5. The lowest BCUT2D eigenvalue weighted by Gasteiger charge is -2.51. The first kappa shape index (κ1) is 33.2. The molecule has 1 spiro atoms. The van der Waals surface area contributed by atoms with Crippen LogP contribution < -0.4 is 0 Å². The van der Waals surface area contributed by atoms with E-state index in [1.165, 1.54) is 5.57 Å². The van der Waals surface area contributed by atoms with Crippen LogP contribution in [-0.4, -0.2) is 69.8 Å². The van der Waals surface area contributed by atoms with Crippen LogP contribution in [0.4, 0.5) is 0 Å². The fourth-order valence-corrected chi connectivity index (χ4v) is 7.59. The van der Waals surface area contributed by atoms with Crippen molar-refractivity contribution in [2.75, 3.05) is 6.61 Å². The van der Waals surface area contributed by atoms with Crippen LogP contribution in [0.15, 0.2) is 52.3 Å².